The van der Waals surface area contributed by atoms with Gasteiger partial charge in [0.15, 0.2) is 0 Å². The predicted octanol–water partition coefficient (Wildman–Crippen LogP) is 5.05. The molecule has 0 radical (unpaired) electrons. The maximum Gasteiger partial charge on any atom is 0.312 e. The normalized spacial score (nSPS) is 11.8. The molecule has 3 aromatic carbocycles. The molecule has 3 rings (SSSR count). The molecule has 1 N–H and O–H groups in total. The molecule has 23 heavy (non-hydrogen) atoms. The van der Waals surface area contributed by atoms with Crippen LogP contribution in [0.4, 0.5) is 0 Å². The van der Waals surface area contributed by atoms with Crippen molar-refractivity contribution in [3.05, 3.63) is 91.0 Å². The second-order valence-corrected chi connectivity index (χ2v) is 8.40. The Labute approximate surface area is 137 Å². The molecule has 3 aromatic rings. The van der Waals surface area contributed by atoms with E-state index in [1.54, 1.807) is 0 Å². The topological polar surface area (TPSA) is 37.3 Å². The van der Waals surface area contributed by atoms with Gasteiger partial charge in [-0.2, -0.15) is 0 Å². The minimum Gasteiger partial charge on any atom is -0.481 e. The fourth-order valence-corrected chi connectivity index (χ4v) is 6.35. The summed E-state index contributed by atoms with van der Waals surface area (Å²) in [7, 11) is -1.83. The Hall–Kier alpha value is -2.52. The Morgan fingerprint density at radius 3 is 1.22 bits per heavy atom. The molecule has 0 saturated carbocycles. The third kappa shape index (κ3) is 3.01. The number of hydrogen-bond donors (Lipinski definition) is 1. The van der Waals surface area contributed by atoms with Crippen molar-refractivity contribution >= 4 is 16.0 Å². The summed E-state index contributed by atoms with van der Waals surface area (Å²) in [5.41, 5.74) is 0. The first-order chi connectivity index (χ1) is 11.2. The molecule has 0 fully saturated rings. The number of carboxylic acid groups (broad SMARTS) is 1. The summed E-state index contributed by atoms with van der Waals surface area (Å²) >= 11 is 0. The van der Waals surface area contributed by atoms with E-state index in [1.807, 2.05) is 91.0 Å². The van der Waals surface area contributed by atoms with Crippen molar-refractivity contribution < 1.29 is 9.90 Å². The van der Waals surface area contributed by atoms with Crippen molar-refractivity contribution in [2.75, 3.05) is 5.75 Å². The summed E-state index contributed by atoms with van der Waals surface area (Å²) in [5.74, 6) is -0.693. The zero-order valence-corrected chi connectivity index (χ0v) is 13.4. The van der Waals surface area contributed by atoms with E-state index in [2.05, 4.69) is 0 Å². The van der Waals surface area contributed by atoms with Crippen LogP contribution in [0.15, 0.2) is 106 Å². The van der Waals surface area contributed by atoms with Gasteiger partial charge in [-0.3, -0.25) is 4.79 Å². The molecule has 0 bridgehead atoms. The van der Waals surface area contributed by atoms with Crippen molar-refractivity contribution in [3.8, 4) is 0 Å². The average molecular weight is 322 g/mol. The van der Waals surface area contributed by atoms with Gasteiger partial charge in [0.2, 0.25) is 0 Å². The highest BCUT2D eigenvalue weighted by Gasteiger charge is 2.33. The van der Waals surface area contributed by atoms with E-state index in [-0.39, 0.29) is 5.75 Å². The Kier molecular flexibility index (Phi) is 4.49. The lowest BCUT2D eigenvalue weighted by Crippen LogP contribution is -2.15. The first-order valence-corrected chi connectivity index (χ1v) is 9.22. The first kappa shape index (κ1) is 15.4. The summed E-state index contributed by atoms with van der Waals surface area (Å²) in [6, 6.07) is 30.0. The van der Waals surface area contributed by atoms with Crippen LogP contribution >= 0.6 is 10.0 Å². The number of carbonyl (C=O) groups is 1. The van der Waals surface area contributed by atoms with Crippen LogP contribution in [0, 0.1) is 0 Å². The van der Waals surface area contributed by atoms with Gasteiger partial charge in [-0.05, 0) is 51.1 Å². The molecule has 0 aliphatic rings. The van der Waals surface area contributed by atoms with Crippen LogP contribution in [0.3, 0.4) is 0 Å². The van der Waals surface area contributed by atoms with Crippen LogP contribution < -0.4 is 0 Å². The summed E-state index contributed by atoms with van der Waals surface area (Å²) in [6.07, 6.45) is 0. The number of aliphatic carboxylic acids is 1. The van der Waals surface area contributed by atoms with Crippen molar-refractivity contribution in [2.24, 2.45) is 0 Å². The average Bonchev–Trinajstić information content (AvgIpc) is 2.62. The molecule has 3 heteroatoms. The maximum absolute atomic E-state index is 11.8. The number of hydrogen-bond acceptors (Lipinski definition) is 1. The highest BCUT2D eigenvalue weighted by molar-refractivity contribution is 8.34. The number of rotatable bonds is 5. The molecule has 0 spiro atoms. The van der Waals surface area contributed by atoms with Crippen LogP contribution in [0.2, 0.25) is 0 Å². The largest absolute Gasteiger partial charge is 0.481 e. The molecular weight excluding hydrogens is 304 g/mol. The van der Waals surface area contributed by atoms with E-state index in [4.69, 9.17) is 0 Å². The number of carboxylic acids is 1. The third-order valence-electron chi connectivity index (χ3n) is 3.78. The Bertz CT molecular complexity index is 674. The molecule has 0 heterocycles. The lowest BCUT2D eigenvalue weighted by atomic mass is 10.4. The molecule has 0 aliphatic heterocycles. The molecule has 0 atom stereocenters. The van der Waals surface area contributed by atoms with E-state index in [1.165, 1.54) is 0 Å². The fourth-order valence-electron chi connectivity index (χ4n) is 2.80. The molecule has 0 saturated heterocycles. The third-order valence-corrected chi connectivity index (χ3v) is 7.69. The van der Waals surface area contributed by atoms with Gasteiger partial charge in [-0.25, -0.2) is 0 Å². The summed E-state index contributed by atoms with van der Waals surface area (Å²) in [6.45, 7) is 0. The van der Waals surface area contributed by atoms with Crippen LogP contribution in [0.1, 0.15) is 0 Å². The zero-order valence-electron chi connectivity index (χ0n) is 12.6. The smallest absolute Gasteiger partial charge is 0.312 e. The summed E-state index contributed by atoms with van der Waals surface area (Å²) in [4.78, 5) is 15.0. The first-order valence-electron chi connectivity index (χ1n) is 7.41. The number of benzene rings is 3. The standard InChI is InChI=1S/C20H18O2S/c21-20(22)16-23(17-10-4-1-5-11-17,18-12-6-2-7-13-18)19-14-8-3-9-15-19/h1-15H,16H2,(H,21,22). The monoisotopic (exact) mass is 322 g/mol. The van der Waals surface area contributed by atoms with Crippen LogP contribution in [-0.2, 0) is 4.79 Å². The van der Waals surface area contributed by atoms with Crippen LogP contribution in [0.25, 0.3) is 0 Å². The van der Waals surface area contributed by atoms with Gasteiger partial charge < -0.3 is 5.11 Å². The maximum atomic E-state index is 11.8. The molecule has 0 aliphatic carbocycles. The molecule has 2 nitrogen and oxygen atoms in total. The Balaban J connectivity index is 2.32. The predicted molar refractivity (Wildman–Crippen MR) is 94.2 cm³/mol. The van der Waals surface area contributed by atoms with E-state index in [9.17, 15) is 9.90 Å². The highest BCUT2D eigenvalue weighted by atomic mass is 32.3. The van der Waals surface area contributed by atoms with Crippen molar-refractivity contribution in [1.29, 1.82) is 0 Å². The molecule has 116 valence electrons. The van der Waals surface area contributed by atoms with Crippen LogP contribution in [0.5, 0.6) is 0 Å². The van der Waals surface area contributed by atoms with E-state index in [0.29, 0.717) is 0 Å². The van der Waals surface area contributed by atoms with E-state index in [0.717, 1.165) is 14.7 Å². The zero-order chi connectivity index (χ0) is 16.1. The van der Waals surface area contributed by atoms with Gasteiger partial charge in [0, 0.05) is 0 Å². The van der Waals surface area contributed by atoms with Gasteiger partial charge in [-0.15, -0.1) is 10.0 Å². The van der Waals surface area contributed by atoms with E-state index >= 15 is 0 Å². The second kappa shape index (κ2) is 6.71. The molecular formula is C20H18O2S. The van der Waals surface area contributed by atoms with Gasteiger partial charge in [0.1, 0.15) is 0 Å². The molecule has 0 unspecified atom stereocenters. The Morgan fingerprint density at radius 2 is 0.957 bits per heavy atom. The SMILES string of the molecule is O=C(O)CS(c1ccccc1)(c1ccccc1)c1ccccc1. The lowest BCUT2D eigenvalue weighted by molar-refractivity contribution is -0.134. The lowest BCUT2D eigenvalue weighted by Gasteiger charge is -2.40. The van der Waals surface area contributed by atoms with Gasteiger partial charge in [0.05, 0.1) is 5.75 Å². The van der Waals surface area contributed by atoms with Crippen molar-refractivity contribution in [2.45, 2.75) is 14.7 Å². The summed E-state index contributed by atoms with van der Waals surface area (Å²) < 4.78 is 0. The fraction of sp³-hybridized carbons (Fsp3) is 0.0500. The minimum atomic E-state index is -1.83. The van der Waals surface area contributed by atoms with Gasteiger partial charge >= 0.3 is 5.97 Å². The van der Waals surface area contributed by atoms with Gasteiger partial charge in [-0.1, -0.05) is 54.6 Å². The Morgan fingerprint density at radius 1 is 0.652 bits per heavy atom. The minimum absolute atomic E-state index is 0.0883. The van der Waals surface area contributed by atoms with Gasteiger partial charge in [0.25, 0.3) is 0 Å². The second-order valence-electron chi connectivity index (χ2n) is 5.22. The van der Waals surface area contributed by atoms with Crippen LogP contribution in [-0.4, -0.2) is 16.8 Å². The molecule has 0 aromatic heterocycles. The highest BCUT2D eigenvalue weighted by Crippen LogP contribution is 2.67. The van der Waals surface area contributed by atoms with Crippen molar-refractivity contribution in [3.63, 3.8) is 0 Å². The quantitative estimate of drug-likeness (QED) is 0.713. The molecule has 0 amide bonds. The summed E-state index contributed by atoms with van der Waals surface area (Å²) in [5, 5.41) is 9.65. The van der Waals surface area contributed by atoms with Crippen molar-refractivity contribution in [1.82, 2.24) is 0 Å². The van der Waals surface area contributed by atoms with E-state index < -0.39 is 16.0 Å².